The van der Waals surface area contributed by atoms with Crippen molar-refractivity contribution in [3.63, 3.8) is 0 Å². The summed E-state index contributed by atoms with van der Waals surface area (Å²) >= 11 is 0. The summed E-state index contributed by atoms with van der Waals surface area (Å²) in [4.78, 5) is 34.6. The highest BCUT2D eigenvalue weighted by atomic mass is 19.1. The lowest BCUT2D eigenvalue weighted by Gasteiger charge is -2.08. The maximum absolute atomic E-state index is 13.5. The van der Waals surface area contributed by atoms with E-state index in [1.165, 1.54) is 0 Å². The zero-order valence-corrected chi connectivity index (χ0v) is 14.2. The first kappa shape index (κ1) is 19.8. The molecule has 0 aromatic heterocycles. The molecule has 27 heavy (non-hydrogen) atoms. The van der Waals surface area contributed by atoms with Crippen LogP contribution >= 0.6 is 0 Å². The first-order valence-electron chi connectivity index (χ1n) is 8.05. The van der Waals surface area contributed by atoms with Crippen LogP contribution < -0.4 is 21.7 Å². The van der Waals surface area contributed by atoms with Gasteiger partial charge < -0.3 is 21.7 Å². The number of nitrogens with two attached hydrogens (primary N) is 1. The lowest BCUT2D eigenvalue weighted by molar-refractivity contribution is -0.116. The van der Waals surface area contributed by atoms with Crippen molar-refractivity contribution in [1.29, 1.82) is 0 Å². The highest BCUT2D eigenvalue weighted by molar-refractivity contribution is 5.95. The third-order valence-electron chi connectivity index (χ3n) is 3.46. The number of carbonyl (C=O) groups is 3. The van der Waals surface area contributed by atoms with E-state index in [4.69, 9.17) is 5.73 Å². The average molecular weight is 376 g/mol. The van der Waals surface area contributed by atoms with E-state index >= 15 is 0 Å². The van der Waals surface area contributed by atoms with Crippen molar-refractivity contribution in [3.05, 3.63) is 59.7 Å². The van der Waals surface area contributed by atoms with Crippen LogP contribution in [-0.2, 0) is 4.79 Å². The molecule has 0 saturated carbocycles. The molecule has 0 radical (unpaired) electrons. The molecule has 0 heterocycles. The number of carbonyl (C=O) groups excluding carboxylic acids is 3. The predicted molar refractivity (Wildman–Crippen MR) is 96.2 cm³/mol. The van der Waals surface area contributed by atoms with Gasteiger partial charge in [-0.1, -0.05) is 6.07 Å². The largest absolute Gasteiger partial charge is 0.352 e. The monoisotopic (exact) mass is 376 g/mol. The number of hydrogen-bond acceptors (Lipinski definition) is 3. The fourth-order valence-electron chi connectivity index (χ4n) is 2.26. The van der Waals surface area contributed by atoms with Gasteiger partial charge in [0.15, 0.2) is 0 Å². The molecule has 2 rings (SSSR count). The first-order chi connectivity index (χ1) is 12.8. The van der Waals surface area contributed by atoms with Crippen LogP contribution in [0.3, 0.4) is 0 Å². The Morgan fingerprint density at radius 1 is 0.963 bits per heavy atom. The van der Waals surface area contributed by atoms with Gasteiger partial charge >= 0.3 is 6.03 Å². The highest BCUT2D eigenvalue weighted by Crippen LogP contribution is 2.15. The minimum atomic E-state index is -0.949. The van der Waals surface area contributed by atoms with Gasteiger partial charge in [-0.05, 0) is 36.8 Å². The van der Waals surface area contributed by atoms with Gasteiger partial charge in [-0.15, -0.1) is 0 Å². The van der Waals surface area contributed by atoms with Crippen LogP contribution in [0.5, 0.6) is 0 Å². The third kappa shape index (κ3) is 6.38. The summed E-state index contributed by atoms with van der Waals surface area (Å²) in [6.45, 7) is 0.145. The molecule has 9 heteroatoms. The van der Waals surface area contributed by atoms with E-state index in [9.17, 15) is 23.2 Å². The maximum Gasteiger partial charge on any atom is 0.316 e. The summed E-state index contributed by atoms with van der Waals surface area (Å²) < 4.78 is 26.3. The highest BCUT2D eigenvalue weighted by Gasteiger charge is 2.12. The minimum Gasteiger partial charge on any atom is -0.352 e. The Morgan fingerprint density at radius 3 is 2.33 bits per heavy atom. The number of hydrogen-bond donors (Lipinski definition) is 4. The molecule has 0 fully saturated rings. The van der Waals surface area contributed by atoms with Gasteiger partial charge in [0.2, 0.25) is 5.91 Å². The summed E-state index contributed by atoms with van der Waals surface area (Å²) in [5, 5.41) is 7.50. The number of benzene rings is 2. The quantitative estimate of drug-likeness (QED) is 0.557. The number of urea groups is 1. The first-order valence-corrected chi connectivity index (χ1v) is 8.05. The molecule has 0 aliphatic heterocycles. The van der Waals surface area contributed by atoms with Gasteiger partial charge in [-0.2, -0.15) is 0 Å². The molecule has 4 amide bonds. The van der Waals surface area contributed by atoms with Crippen molar-refractivity contribution >= 4 is 29.2 Å². The number of primary amides is 1. The minimum absolute atomic E-state index is 0.111. The Kier molecular flexibility index (Phi) is 6.81. The van der Waals surface area contributed by atoms with E-state index < -0.39 is 23.6 Å². The summed E-state index contributed by atoms with van der Waals surface area (Å²) in [5.74, 6) is -2.70. The molecule has 0 atom stereocenters. The van der Waals surface area contributed by atoms with E-state index in [-0.39, 0.29) is 24.4 Å². The summed E-state index contributed by atoms with van der Waals surface area (Å²) in [5.41, 5.74) is 5.68. The Hall–Kier alpha value is -3.49. The molecule has 0 aliphatic rings. The molecular formula is C18H18F2N4O3. The maximum atomic E-state index is 13.5. The second kappa shape index (κ2) is 9.27. The van der Waals surface area contributed by atoms with Crippen LogP contribution in [0, 0.1) is 11.6 Å². The number of halogens is 2. The van der Waals surface area contributed by atoms with E-state index in [2.05, 4.69) is 16.0 Å². The second-order valence-corrected chi connectivity index (χ2v) is 5.60. The van der Waals surface area contributed by atoms with Crippen molar-refractivity contribution in [2.75, 3.05) is 17.2 Å². The Balaban J connectivity index is 1.76. The Bertz CT molecular complexity index is 858. The van der Waals surface area contributed by atoms with Crippen molar-refractivity contribution in [1.82, 2.24) is 5.32 Å². The van der Waals surface area contributed by atoms with E-state index in [0.29, 0.717) is 23.9 Å². The number of amides is 4. The fraction of sp³-hybridized carbons (Fsp3) is 0.167. The molecule has 2 aromatic rings. The van der Waals surface area contributed by atoms with Crippen molar-refractivity contribution in [3.8, 4) is 0 Å². The van der Waals surface area contributed by atoms with Gasteiger partial charge in [0, 0.05) is 30.4 Å². The SMILES string of the molecule is NC(=O)Nc1cccc(NC(=O)CCCNC(=O)c2ccc(F)cc2F)c1. The van der Waals surface area contributed by atoms with Crippen molar-refractivity contribution in [2.45, 2.75) is 12.8 Å². The number of nitrogens with one attached hydrogen (secondary N) is 3. The van der Waals surface area contributed by atoms with Crippen LogP contribution in [0.1, 0.15) is 23.2 Å². The Morgan fingerprint density at radius 2 is 1.67 bits per heavy atom. The van der Waals surface area contributed by atoms with Gasteiger partial charge in [0.25, 0.3) is 5.91 Å². The summed E-state index contributed by atoms with van der Waals surface area (Å²) in [6.07, 6.45) is 0.430. The van der Waals surface area contributed by atoms with E-state index in [0.717, 1.165) is 12.1 Å². The van der Waals surface area contributed by atoms with Gasteiger partial charge in [-0.25, -0.2) is 13.6 Å². The molecule has 0 spiro atoms. The van der Waals surface area contributed by atoms with E-state index in [1.54, 1.807) is 24.3 Å². The van der Waals surface area contributed by atoms with Crippen LogP contribution in [0.4, 0.5) is 25.0 Å². The smallest absolute Gasteiger partial charge is 0.316 e. The van der Waals surface area contributed by atoms with Crippen molar-refractivity contribution < 1.29 is 23.2 Å². The van der Waals surface area contributed by atoms with Crippen LogP contribution in [-0.4, -0.2) is 24.4 Å². The molecule has 2 aromatic carbocycles. The molecule has 0 saturated heterocycles. The number of anilines is 2. The predicted octanol–water partition coefficient (Wildman–Crippen LogP) is 2.60. The molecule has 0 bridgehead atoms. The molecule has 5 N–H and O–H groups in total. The standard InChI is InChI=1S/C18H18F2N4O3/c19-11-6-7-14(15(20)9-11)17(26)22-8-2-5-16(25)23-12-3-1-4-13(10-12)24-18(21)27/h1,3-4,6-7,9-10H,2,5,8H2,(H,22,26)(H,23,25)(H3,21,24,27). The normalized spacial score (nSPS) is 10.1. The molecule has 7 nitrogen and oxygen atoms in total. The van der Waals surface area contributed by atoms with Crippen LogP contribution in [0.15, 0.2) is 42.5 Å². The average Bonchev–Trinajstić information content (AvgIpc) is 2.58. The third-order valence-corrected chi connectivity index (χ3v) is 3.46. The van der Waals surface area contributed by atoms with Crippen LogP contribution in [0.25, 0.3) is 0 Å². The molecule has 142 valence electrons. The zero-order valence-electron chi connectivity index (χ0n) is 14.2. The second-order valence-electron chi connectivity index (χ2n) is 5.60. The van der Waals surface area contributed by atoms with Gasteiger partial charge in [-0.3, -0.25) is 9.59 Å². The summed E-state index contributed by atoms with van der Waals surface area (Å²) in [7, 11) is 0. The zero-order chi connectivity index (χ0) is 19.8. The molecule has 0 aliphatic carbocycles. The van der Waals surface area contributed by atoms with Gasteiger partial charge in [0.1, 0.15) is 11.6 Å². The lowest BCUT2D eigenvalue weighted by Crippen LogP contribution is -2.26. The number of rotatable bonds is 7. The van der Waals surface area contributed by atoms with Gasteiger partial charge in [0.05, 0.1) is 5.56 Å². The van der Waals surface area contributed by atoms with Crippen molar-refractivity contribution in [2.24, 2.45) is 5.73 Å². The molecular weight excluding hydrogens is 358 g/mol. The molecule has 0 unspecified atom stereocenters. The Labute approximate surface area is 153 Å². The van der Waals surface area contributed by atoms with E-state index in [1.807, 2.05) is 0 Å². The fourth-order valence-corrected chi connectivity index (χ4v) is 2.26. The lowest BCUT2D eigenvalue weighted by atomic mass is 10.2. The summed E-state index contributed by atoms with van der Waals surface area (Å²) in [6, 6.07) is 8.40. The topological polar surface area (TPSA) is 113 Å². The van der Waals surface area contributed by atoms with Crippen LogP contribution in [0.2, 0.25) is 0 Å².